The van der Waals surface area contributed by atoms with Crippen molar-refractivity contribution in [2.45, 2.75) is 4.90 Å². The maximum absolute atomic E-state index is 12.0. The highest BCUT2D eigenvalue weighted by molar-refractivity contribution is 7.92. The van der Waals surface area contributed by atoms with Crippen LogP contribution in [0.4, 0.5) is 11.4 Å². The number of hydrogen-bond acceptors (Lipinski definition) is 5. The van der Waals surface area contributed by atoms with Gasteiger partial charge in [0.25, 0.3) is 15.7 Å². The van der Waals surface area contributed by atoms with Crippen LogP contribution in [0.2, 0.25) is 0 Å². The molecule has 0 radical (unpaired) electrons. The smallest absolute Gasteiger partial charge is 0.271 e. The maximum atomic E-state index is 12.0. The molecule has 0 spiro atoms. The van der Waals surface area contributed by atoms with E-state index in [-0.39, 0.29) is 22.0 Å². The maximum Gasteiger partial charge on any atom is 0.271 e. The average molecular weight is 294 g/mol. The number of aromatic hydroxyl groups is 1. The van der Waals surface area contributed by atoms with Crippen molar-refractivity contribution in [2.24, 2.45) is 0 Å². The Balaban J connectivity index is 2.33. The van der Waals surface area contributed by atoms with E-state index in [2.05, 4.69) is 4.72 Å². The summed E-state index contributed by atoms with van der Waals surface area (Å²) < 4.78 is 26.3. The molecule has 0 bridgehead atoms. The SMILES string of the molecule is O=[N+]([O-])c1cccc(NS(=O)(=O)c2cccc(O)c2)c1. The standard InChI is InChI=1S/C12H10N2O5S/c15-11-5-2-6-12(8-11)20(18,19)13-9-3-1-4-10(7-9)14(16)17/h1-8,13,15H. The summed E-state index contributed by atoms with van der Waals surface area (Å²) >= 11 is 0. The first-order valence-electron chi connectivity index (χ1n) is 5.45. The molecule has 0 atom stereocenters. The van der Waals surface area contributed by atoms with Gasteiger partial charge in [-0.15, -0.1) is 0 Å². The number of nitro benzene ring substituents is 1. The van der Waals surface area contributed by atoms with Crippen LogP contribution >= 0.6 is 0 Å². The Morgan fingerprint density at radius 1 is 1.10 bits per heavy atom. The second-order valence-corrected chi connectivity index (χ2v) is 5.59. The fourth-order valence-electron chi connectivity index (χ4n) is 1.55. The number of hydrogen-bond donors (Lipinski definition) is 2. The molecule has 8 heteroatoms. The van der Waals surface area contributed by atoms with Gasteiger partial charge in [0.15, 0.2) is 0 Å². The zero-order chi connectivity index (χ0) is 14.8. The van der Waals surface area contributed by atoms with E-state index in [0.717, 1.165) is 12.1 Å². The number of rotatable bonds is 4. The summed E-state index contributed by atoms with van der Waals surface area (Å²) in [5, 5.41) is 19.9. The highest BCUT2D eigenvalue weighted by Crippen LogP contribution is 2.22. The zero-order valence-corrected chi connectivity index (χ0v) is 10.9. The van der Waals surface area contributed by atoms with E-state index in [9.17, 15) is 23.6 Å². The van der Waals surface area contributed by atoms with Crippen LogP contribution in [0.5, 0.6) is 5.75 Å². The van der Waals surface area contributed by atoms with Crippen LogP contribution in [0.25, 0.3) is 0 Å². The average Bonchev–Trinajstić information content (AvgIpc) is 2.38. The third-order valence-corrected chi connectivity index (χ3v) is 3.82. The van der Waals surface area contributed by atoms with Crippen molar-refractivity contribution < 1.29 is 18.4 Å². The van der Waals surface area contributed by atoms with E-state index in [1.54, 1.807) is 0 Å². The van der Waals surface area contributed by atoms with Crippen LogP contribution < -0.4 is 4.72 Å². The van der Waals surface area contributed by atoms with Gasteiger partial charge in [0.2, 0.25) is 0 Å². The molecule has 0 aliphatic rings. The minimum absolute atomic E-state index is 0.0718. The fourth-order valence-corrected chi connectivity index (χ4v) is 2.64. The molecule has 0 amide bonds. The summed E-state index contributed by atoms with van der Waals surface area (Å²) in [6.45, 7) is 0. The molecule has 0 aromatic heterocycles. The monoisotopic (exact) mass is 294 g/mol. The largest absolute Gasteiger partial charge is 0.508 e. The summed E-state index contributed by atoms with van der Waals surface area (Å²) in [7, 11) is -3.91. The number of nitro groups is 1. The molecule has 0 aliphatic carbocycles. The number of sulfonamides is 1. The highest BCUT2D eigenvalue weighted by Gasteiger charge is 2.16. The Bertz CT molecular complexity index is 758. The van der Waals surface area contributed by atoms with Crippen LogP contribution in [-0.2, 0) is 10.0 Å². The van der Waals surface area contributed by atoms with Crippen LogP contribution in [0.1, 0.15) is 0 Å². The Morgan fingerprint density at radius 3 is 2.45 bits per heavy atom. The predicted molar refractivity (Wildman–Crippen MR) is 72.0 cm³/mol. The van der Waals surface area contributed by atoms with Gasteiger partial charge in [-0.05, 0) is 18.2 Å². The topological polar surface area (TPSA) is 110 Å². The lowest BCUT2D eigenvalue weighted by Gasteiger charge is -2.08. The number of phenolic OH excluding ortho intramolecular Hbond substituents is 1. The summed E-state index contributed by atoms with van der Waals surface area (Å²) in [6, 6.07) is 10.3. The fraction of sp³-hybridized carbons (Fsp3) is 0. The van der Waals surface area contributed by atoms with Crippen molar-refractivity contribution in [3.8, 4) is 5.75 Å². The van der Waals surface area contributed by atoms with E-state index in [1.165, 1.54) is 36.4 Å². The molecule has 0 saturated heterocycles. The first-order chi connectivity index (χ1) is 9.38. The van der Waals surface area contributed by atoms with Crippen molar-refractivity contribution in [2.75, 3.05) is 4.72 Å². The predicted octanol–water partition coefficient (Wildman–Crippen LogP) is 2.10. The van der Waals surface area contributed by atoms with Crippen molar-refractivity contribution in [3.63, 3.8) is 0 Å². The molecular weight excluding hydrogens is 284 g/mol. The van der Waals surface area contributed by atoms with Gasteiger partial charge in [0.05, 0.1) is 15.5 Å². The molecular formula is C12H10N2O5S. The lowest BCUT2D eigenvalue weighted by atomic mass is 10.3. The van der Waals surface area contributed by atoms with Crippen LogP contribution in [0.15, 0.2) is 53.4 Å². The molecule has 20 heavy (non-hydrogen) atoms. The van der Waals surface area contributed by atoms with Gasteiger partial charge in [-0.25, -0.2) is 8.42 Å². The van der Waals surface area contributed by atoms with Crippen molar-refractivity contribution in [1.82, 2.24) is 0 Å². The number of benzene rings is 2. The Kier molecular flexibility index (Phi) is 3.57. The van der Waals surface area contributed by atoms with Gasteiger partial charge < -0.3 is 5.11 Å². The molecule has 7 nitrogen and oxygen atoms in total. The third-order valence-electron chi connectivity index (χ3n) is 2.44. The molecule has 104 valence electrons. The number of nitrogens with one attached hydrogen (secondary N) is 1. The lowest BCUT2D eigenvalue weighted by Crippen LogP contribution is -2.12. The van der Waals surface area contributed by atoms with Gasteiger partial charge in [0.1, 0.15) is 5.75 Å². The molecule has 2 N–H and O–H groups in total. The van der Waals surface area contributed by atoms with Crippen molar-refractivity contribution in [3.05, 3.63) is 58.6 Å². The Hall–Kier alpha value is -2.61. The minimum atomic E-state index is -3.91. The molecule has 2 aromatic rings. The van der Waals surface area contributed by atoms with Crippen LogP contribution in [0, 0.1) is 10.1 Å². The first kappa shape index (κ1) is 13.8. The molecule has 0 aliphatic heterocycles. The summed E-state index contributed by atoms with van der Waals surface area (Å²) in [5.41, 5.74) is -0.149. The number of non-ortho nitro benzene ring substituents is 1. The van der Waals surface area contributed by atoms with E-state index in [4.69, 9.17) is 0 Å². The summed E-state index contributed by atoms with van der Waals surface area (Å²) in [5.74, 6) is -0.188. The van der Waals surface area contributed by atoms with E-state index in [1.807, 2.05) is 0 Å². The second kappa shape index (κ2) is 5.17. The van der Waals surface area contributed by atoms with Crippen molar-refractivity contribution in [1.29, 1.82) is 0 Å². The molecule has 0 fully saturated rings. The highest BCUT2D eigenvalue weighted by atomic mass is 32.2. The molecule has 0 unspecified atom stereocenters. The summed E-state index contributed by atoms with van der Waals surface area (Å²) in [6.07, 6.45) is 0. The van der Waals surface area contributed by atoms with Crippen molar-refractivity contribution >= 4 is 21.4 Å². The Labute approximate surface area is 114 Å². The van der Waals surface area contributed by atoms with Gasteiger partial charge >= 0.3 is 0 Å². The molecule has 0 saturated carbocycles. The Morgan fingerprint density at radius 2 is 1.80 bits per heavy atom. The minimum Gasteiger partial charge on any atom is -0.508 e. The first-order valence-corrected chi connectivity index (χ1v) is 6.93. The number of anilines is 1. The van der Waals surface area contributed by atoms with Gasteiger partial charge in [-0.1, -0.05) is 12.1 Å². The van der Waals surface area contributed by atoms with Gasteiger partial charge in [-0.2, -0.15) is 0 Å². The van der Waals surface area contributed by atoms with Crippen LogP contribution in [-0.4, -0.2) is 18.4 Å². The number of nitrogens with zero attached hydrogens (tertiary/aromatic N) is 1. The second-order valence-electron chi connectivity index (χ2n) is 3.91. The van der Waals surface area contributed by atoms with E-state index in [0.29, 0.717) is 0 Å². The van der Waals surface area contributed by atoms with Gasteiger partial charge in [-0.3, -0.25) is 14.8 Å². The molecule has 0 heterocycles. The summed E-state index contributed by atoms with van der Waals surface area (Å²) in [4.78, 5) is 9.87. The normalized spacial score (nSPS) is 11.0. The molecule has 2 aromatic carbocycles. The molecule has 2 rings (SSSR count). The zero-order valence-electron chi connectivity index (χ0n) is 10.1. The van der Waals surface area contributed by atoms with E-state index < -0.39 is 14.9 Å². The van der Waals surface area contributed by atoms with E-state index >= 15 is 0 Å². The number of phenols is 1. The lowest BCUT2D eigenvalue weighted by molar-refractivity contribution is -0.384. The third kappa shape index (κ3) is 3.04. The van der Waals surface area contributed by atoms with Gasteiger partial charge in [0, 0.05) is 18.2 Å². The van der Waals surface area contributed by atoms with Crippen LogP contribution in [0.3, 0.4) is 0 Å². The quantitative estimate of drug-likeness (QED) is 0.663.